The van der Waals surface area contributed by atoms with Gasteiger partial charge >= 0.3 is 18.0 Å². The van der Waals surface area contributed by atoms with Crippen molar-refractivity contribution in [2.75, 3.05) is 13.7 Å². The SMILES string of the molecule is COC(=O)/C=C/C(=O)OC[C@@H](NC(=O)OCc1ccccc1)c1ccccc1. The minimum atomic E-state index is -0.731. The lowest BCUT2D eigenvalue weighted by molar-refractivity contribution is -0.140. The predicted molar refractivity (Wildman–Crippen MR) is 101 cm³/mol. The summed E-state index contributed by atoms with van der Waals surface area (Å²) < 4.78 is 14.7. The second-order valence-corrected chi connectivity index (χ2v) is 5.66. The van der Waals surface area contributed by atoms with Gasteiger partial charge < -0.3 is 19.5 Å². The molecule has 0 fully saturated rings. The highest BCUT2D eigenvalue weighted by atomic mass is 16.6. The third-order valence-corrected chi connectivity index (χ3v) is 3.66. The number of alkyl carbamates (subject to hydrolysis) is 1. The maximum atomic E-state index is 12.1. The molecule has 0 aliphatic rings. The molecule has 146 valence electrons. The highest BCUT2D eigenvalue weighted by Crippen LogP contribution is 2.14. The van der Waals surface area contributed by atoms with Crippen molar-refractivity contribution in [2.24, 2.45) is 0 Å². The van der Waals surface area contributed by atoms with Crippen molar-refractivity contribution < 1.29 is 28.6 Å². The van der Waals surface area contributed by atoms with Crippen molar-refractivity contribution in [3.05, 3.63) is 83.9 Å². The normalized spacial score (nSPS) is 11.5. The van der Waals surface area contributed by atoms with Crippen molar-refractivity contribution in [3.63, 3.8) is 0 Å². The van der Waals surface area contributed by atoms with Crippen LogP contribution in [0.4, 0.5) is 4.79 Å². The van der Waals surface area contributed by atoms with Crippen molar-refractivity contribution in [1.82, 2.24) is 5.32 Å². The Morgan fingerprint density at radius 1 is 0.893 bits per heavy atom. The van der Waals surface area contributed by atoms with Crippen LogP contribution in [0.25, 0.3) is 0 Å². The minimum Gasteiger partial charge on any atom is -0.466 e. The third kappa shape index (κ3) is 7.33. The first kappa shape index (κ1) is 20.7. The summed E-state index contributed by atoms with van der Waals surface area (Å²) in [6.07, 6.45) is 1.28. The molecular formula is C21H21NO6. The van der Waals surface area contributed by atoms with Crippen LogP contribution in [0.1, 0.15) is 17.2 Å². The lowest BCUT2D eigenvalue weighted by atomic mass is 10.1. The van der Waals surface area contributed by atoms with E-state index in [1.165, 1.54) is 7.11 Å². The molecule has 0 aliphatic carbocycles. The van der Waals surface area contributed by atoms with Gasteiger partial charge in [-0.15, -0.1) is 0 Å². The number of hydrogen-bond acceptors (Lipinski definition) is 6. The summed E-state index contributed by atoms with van der Waals surface area (Å²) in [6.45, 7) is -0.00929. The Kier molecular flexibility index (Phi) is 8.26. The van der Waals surface area contributed by atoms with E-state index in [1.54, 1.807) is 24.3 Å². The molecular weight excluding hydrogens is 362 g/mol. The summed E-state index contributed by atoms with van der Waals surface area (Å²) >= 11 is 0. The summed E-state index contributed by atoms with van der Waals surface area (Å²) in [5.74, 6) is -1.40. The third-order valence-electron chi connectivity index (χ3n) is 3.66. The molecule has 0 saturated carbocycles. The first-order valence-corrected chi connectivity index (χ1v) is 8.53. The molecule has 28 heavy (non-hydrogen) atoms. The number of methoxy groups -OCH3 is 1. The van der Waals surface area contributed by atoms with E-state index in [0.29, 0.717) is 0 Å². The van der Waals surface area contributed by atoms with Gasteiger partial charge in [0, 0.05) is 12.2 Å². The standard InChI is InChI=1S/C21H21NO6/c1-26-19(23)12-13-20(24)27-15-18(17-10-6-3-7-11-17)22-21(25)28-14-16-8-4-2-5-9-16/h2-13,18H,14-15H2,1H3,(H,22,25)/b13-12+/t18-/m1/s1. The van der Waals surface area contributed by atoms with E-state index >= 15 is 0 Å². The van der Waals surface area contributed by atoms with Gasteiger partial charge in [0.1, 0.15) is 13.2 Å². The zero-order chi connectivity index (χ0) is 20.2. The summed E-state index contributed by atoms with van der Waals surface area (Å²) in [4.78, 5) is 34.9. The van der Waals surface area contributed by atoms with Gasteiger partial charge in [0.25, 0.3) is 0 Å². The number of hydrogen-bond donors (Lipinski definition) is 1. The molecule has 2 rings (SSSR count). The quantitative estimate of drug-likeness (QED) is 0.428. The van der Waals surface area contributed by atoms with E-state index in [4.69, 9.17) is 9.47 Å². The average molecular weight is 383 g/mol. The van der Waals surface area contributed by atoms with Gasteiger partial charge in [-0.2, -0.15) is 0 Å². The largest absolute Gasteiger partial charge is 0.466 e. The number of benzene rings is 2. The molecule has 7 heteroatoms. The molecule has 0 radical (unpaired) electrons. The van der Waals surface area contributed by atoms with Crippen LogP contribution in [0.5, 0.6) is 0 Å². The van der Waals surface area contributed by atoms with Crippen molar-refractivity contribution >= 4 is 18.0 Å². The molecule has 7 nitrogen and oxygen atoms in total. The van der Waals surface area contributed by atoms with Crippen molar-refractivity contribution in [1.29, 1.82) is 0 Å². The molecule has 0 heterocycles. The molecule has 1 atom stereocenters. The summed E-state index contributed by atoms with van der Waals surface area (Å²) in [5.41, 5.74) is 1.59. The molecule has 1 N–H and O–H groups in total. The number of carbonyl (C=O) groups is 3. The van der Waals surface area contributed by atoms with Crippen LogP contribution < -0.4 is 5.32 Å². The highest BCUT2D eigenvalue weighted by Gasteiger charge is 2.17. The number of amides is 1. The first-order chi connectivity index (χ1) is 13.6. The number of esters is 2. The summed E-state index contributed by atoms with van der Waals surface area (Å²) in [6, 6.07) is 17.7. The van der Waals surface area contributed by atoms with Gasteiger partial charge in [-0.05, 0) is 11.1 Å². The van der Waals surface area contributed by atoms with Crippen LogP contribution in [0.15, 0.2) is 72.8 Å². The lowest BCUT2D eigenvalue weighted by Crippen LogP contribution is -2.32. The zero-order valence-corrected chi connectivity index (χ0v) is 15.4. The van der Waals surface area contributed by atoms with Crippen molar-refractivity contribution in [3.8, 4) is 0 Å². The first-order valence-electron chi connectivity index (χ1n) is 8.53. The molecule has 0 aliphatic heterocycles. The fourth-order valence-electron chi connectivity index (χ4n) is 2.23. The Morgan fingerprint density at radius 3 is 2.14 bits per heavy atom. The topological polar surface area (TPSA) is 90.9 Å². The molecule has 2 aromatic carbocycles. The molecule has 0 spiro atoms. The Bertz CT molecular complexity index is 804. The molecule has 0 aromatic heterocycles. The number of carbonyl (C=O) groups excluding carboxylic acids is 3. The van der Waals surface area contributed by atoms with Gasteiger partial charge in [-0.25, -0.2) is 14.4 Å². The number of nitrogens with one attached hydrogen (secondary N) is 1. The minimum absolute atomic E-state index is 0.121. The fraction of sp³-hybridized carbons (Fsp3) is 0.190. The fourth-order valence-corrected chi connectivity index (χ4v) is 2.23. The Hall–Kier alpha value is -3.61. The van der Waals surface area contributed by atoms with Gasteiger partial charge in [0.15, 0.2) is 0 Å². The summed E-state index contributed by atoms with van der Waals surface area (Å²) in [7, 11) is 1.20. The van der Waals surface area contributed by atoms with E-state index in [1.807, 2.05) is 36.4 Å². The average Bonchev–Trinajstić information content (AvgIpc) is 2.74. The van der Waals surface area contributed by atoms with E-state index < -0.39 is 24.1 Å². The smallest absolute Gasteiger partial charge is 0.408 e. The van der Waals surface area contributed by atoms with Crippen LogP contribution in [-0.4, -0.2) is 31.7 Å². The van der Waals surface area contributed by atoms with Crippen molar-refractivity contribution in [2.45, 2.75) is 12.6 Å². The second kappa shape index (κ2) is 11.2. The van der Waals surface area contributed by atoms with E-state index in [9.17, 15) is 14.4 Å². The lowest BCUT2D eigenvalue weighted by Gasteiger charge is -2.18. The van der Waals surface area contributed by atoms with Gasteiger partial charge in [0.05, 0.1) is 13.2 Å². The van der Waals surface area contributed by atoms with Crippen LogP contribution in [-0.2, 0) is 30.4 Å². The maximum absolute atomic E-state index is 12.1. The van der Waals surface area contributed by atoms with Gasteiger partial charge in [-0.3, -0.25) is 0 Å². The second-order valence-electron chi connectivity index (χ2n) is 5.66. The zero-order valence-electron chi connectivity index (χ0n) is 15.4. The van der Waals surface area contributed by atoms with Gasteiger partial charge in [-0.1, -0.05) is 60.7 Å². The maximum Gasteiger partial charge on any atom is 0.408 e. The van der Waals surface area contributed by atoms with E-state index in [0.717, 1.165) is 23.3 Å². The van der Waals surface area contributed by atoms with Crippen LogP contribution in [0.3, 0.4) is 0 Å². The van der Waals surface area contributed by atoms with E-state index in [-0.39, 0.29) is 13.2 Å². The highest BCUT2D eigenvalue weighted by molar-refractivity contribution is 5.91. The number of rotatable bonds is 8. The van der Waals surface area contributed by atoms with Crippen LogP contribution >= 0.6 is 0 Å². The van der Waals surface area contributed by atoms with E-state index in [2.05, 4.69) is 10.1 Å². The molecule has 2 aromatic rings. The molecule has 0 saturated heterocycles. The Balaban J connectivity index is 1.94. The summed E-state index contributed by atoms with van der Waals surface area (Å²) in [5, 5.41) is 2.68. The van der Waals surface area contributed by atoms with Gasteiger partial charge in [0.2, 0.25) is 0 Å². The Labute approximate surface area is 162 Å². The molecule has 0 bridgehead atoms. The van der Waals surface area contributed by atoms with Crippen LogP contribution in [0, 0.1) is 0 Å². The monoisotopic (exact) mass is 383 g/mol. The van der Waals surface area contributed by atoms with Crippen LogP contribution in [0.2, 0.25) is 0 Å². The Morgan fingerprint density at radius 2 is 1.50 bits per heavy atom. The molecule has 1 amide bonds. The number of ether oxygens (including phenoxy) is 3. The predicted octanol–water partition coefficient (Wildman–Crippen LogP) is 2.93. The molecule has 0 unspecified atom stereocenters.